The Kier molecular flexibility index (Phi) is 4.31. The first-order valence-electron chi connectivity index (χ1n) is 9.52. The Morgan fingerprint density at radius 2 is 1.94 bits per heavy atom. The summed E-state index contributed by atoms with van der Waals surface area (Å²) in [6, 6.07) is 16.6. The molecule has 0 aliphatic rings. The average Bonchev–Trinajstić information content (AvgIpc) is 3.48. The average molecular weight is 457 g/mol. The number of thiocyanates is 1. The van der Waals surface area contributed by atoms with Crippen LogP contribution in [0.2, 0.25) is 0 Å². The summed E-state index contributed by atoms with van der Waals surface area (Å²) >= 11 is 2.28. The lowest BCUT2D eigenvalue weighted by Gasteiger charge is -2.01. The lowest BCUT2D eigenvalue weighted by molar-refractivity contribution is 0.448. The molecule has 0 saturated carbocycles. The van der Waals surface area contributed by atoms with Crippen molar-refractivity contribution in [3.63, 3.8) is 0 Å². The van der Waals surface area contributed by atoms with E-state index in [9.17, 15) is 10.1 Å². The van der Waals surface area contributed by atoms with Crippen molar-refractivity contribution in [3.8, 4) is 16.7 Å². The second-order valence-corrected chi connectivity index (χ2v) is 8.75. The minimum Gasteiger partial charge on any atom is -0.422 e. The highest BCUT2D eigenvalue weighted by atomic mass is 32.2. The van der Waals surface area contributed by atoms with Crippen molar-refractivity contribution in [2.75, 3.05) is 0 Å². The van der Waals surface area contributed by atoms with Crippen LogP contribution in [-0.2, 0) is 6.42 Å². The quantitative estimate of drug-likeness (QED) is 0.209. The molecule has 0 saturated heterocycles. The minimum atomic E-state index is -0.511. The molecule has 0 aliphatic heterocycles. The van der Waals surface area contributed by atoms with Gasteiger partial charge in [0.25, 0.3) is 0 Å². The normalized spacial score (nSPS) is 11.5. The summed E-state index contributed by atoms with van der Waals surface area (Å²) in [4.78, 5) is 17.8. The van der Waals surface area contributed by atoms with E-state index in [2.05, 4.69) is 20.6 Å². The number of fused-ring (bicyclic) bond motifs is 3. The Bertz CT molecular complexity index is 1740. The molecule has 0 radical (unpaired) electrons. The predicted molar refractivity (Wildman–Crippen MR) is 121 cm³/mol. The van der Waals surface area contributed by atoms with E-state index in [0.29, 0.717) is 33.2 Å². The van der Waals surface area contributed by atoms with Gasteiger partial charge in [-0.25, -0.2) is 9.78 Å². The molecule has 0 spiro atoms. The topological polar surface area (TPSA) is 110 Å². The molecule has 154 valence electrons. The van der Waals surface area contributed by atoms with Crippen LogP contribution in [0.15, 0.2) is 73.4 Å². The van der Waals surface area contributed by atoms with Crippen molar-refractivity contribution in [2.45, 2.75) is 11.4 Å². The first-order chi connectivity index (χ1) is 15.7. The van der Waals surface area contributed by atoms with Gasteiger partial charge in [-0.2, -0.15) is 14.9 Å². The number of benzene rings is 2. The van der Waals surface area contributed by atoms with Crippen LogP contribution in [0.3, 0.4) is 0 Å². The van der Waals surface area contributed by atoms with Crippen LogP contribution < -0.4 is 5.63 Å². The van der Waals surface area contributed by atoms with Crippen LogP contribution >= 0.6 is 23.1 Å². The molecule has 32 heavy (non-hydrogen) atoms. The molecule has 10 heteroatoms. The molecule has 0 N–H and O–H groups in total. The number of nitriles is 1. The summed E-state index contributed by atoms with van der Waals surface area (Å²) in [5.41, 5.74) is 2.16. The summed E-state index contributed by atoms with van der Waals surface area (Å²) in [5, 5.41) is 23.2. The zero-order valence-electron chi connectivity index (χ0n) is 16.2. The molecule has 4 aromatic heterocycles. The van der Waals surface area contributed by atoms with E-state index < -0.39 is 5.63 Å². The van der Waals surface area contributed by atoms with Crippen molar-refractivity contribution < 1.29 is 8.94 Å². The lowest BCUT2D eigenvalue weighted by Crippen LogP contribution is -2.04. The van der Waals surface area contributed by atoms with Gasteiger partial charge in [-0.15, -0.1) is 0 Å². The van der Waals surface area contributed by atoms with Crippen molar-refractivity contribution >= 4 is 50.0 Å². The van der Waals surface area contributed by atoms with Gasteiger partial charge < -0.3 is 8.94 Å². The fourth-order valence-electron chi connectivity index (χ4n) is 3.59. The Balaban J connectivity index is 1.46. The molecule has 0 atom stereocenters. The van der Waals surface area contributed by atoms with Crippen LogP contribution in [0.1, 0.15) is 10.7 Å². The fourth-order valence-corrected chi connectivity index (χ4v) is 5.10. The number of thioether (sulfide) groups is 1. The molecule has 0 unspecified atom stereocenters. The minimum absolute atomic E-state index is 0.295. The first-order valence-corrected chi connectivity index (χ1v) is 11.2. The van der Waals surface area contributed by atoms with Gasteiger partial charge >= 0.3 is 5.63 Å². The first kappa shape index (κ1) is 18.8. The molecule has 6 rings (SSSR count). The van der Waals surface area contributed by atoms with Crippen molar-refractivity contribution in [1.29, 1.82) is 5.26 Å². The third-order valence-electron chi connectivity index (χ3n) is 5.01. The van der Waals surface area contributed by atoms with Gasteiger partial charge in [0.1, 0.15) is 26.7 Å². The van der Waals surface area contributed by atoms with E-state index in [4.69, 9.17) is 8.94 Å². The van der Waals surface area contributed by atoms with E-state index >= 15 is 0 Å². The zero-order valence-corrected chi connectivity index (χ0v) is 17.8. The van der Waals surface area contributed by atoms with Gasteiger partial charge in [0.05, 0.1) is 11.3 Å². The second-order valence-electron chi connectivity index (χ2n) is 6.94. The number of hydrogen-bond acceptors (Lipinski definition) is 9. The Morgan fingerprint density at radius 3 is 2.81 bits per heavy atom. The Morgan fingerprint density at radius 1 is 1.12 bits per heavy atom. The van der Waals surface area contributed by atoms with Crippen LogP contribution in [0.4, 0.5) is 0 Å². The molecule has 6 aromatic rings. The SMILES string of the molecule is N#CSc1c(-c2cc3ccccc3oc2=O)nc2sc(Cc3noc4ccccc34)nn12. The number of hydrogen-bond donors (Lipinski definition) is 0. The lowest BCUT2D eigenvalue weighted by atomic mass is 10.1. The van der Waals surface area contributed by atoms with Crippen molar-refractivity contribution in [3.05, 3.63) is 75.7 Å². The number of rotatable bonds is 4. The Labute approximate surface area is 187 Å². The number of imidazole rings is 1. The van der Waals surface area contributed by atoms with Gasteiger partial charge in [0.15, 0.2) is 5.58 Å². The number of aromatic nitrogens is 4. The van der Waals surface area contributed by atoms with Gasteiger partial charge in [-0.1, -0.05) is 46.8 Å². The van der Waals surface area contributed by atoms with Gasteiger partial charge in [0.2, 0.25) is 4.96 Å². The van der Waals surface area contributed by atoms with E-state index in [0.717, 1.165) is 38.8 Å². The zero-order chi connectivity index (χ0) is 21.7. The van der Waals surface area contributed by atoms with Crippen LogP contribution in [0.5, 0.6) is 0 Å². The van der Waals surface area contributed by atoms with Gasteiger partial charge in [0, 0.05) is 29.0 Å². The number of nitrogens with zero attached hydrogens (tertiary/aromatic N) is 5. The third-order valence-corrected chi connectivity index (χ3v) is 6.57. The van der Waals surface area contributed by atoms with E-state index in [1.807, 2.05) is 36.4 Å². The highest BCUT2D eigenvalue weighted by molar-refractivity contribution is 8.03. The maximum Gasteiger partial charge on any atom is 0.345 e. The summed E-state index contributed by atoms with van der Waals surface area (Å²) in [6.45, 7) is 0. The van der Waals surface area contributed by atoms with Gasteiger partial charge in [-0.05, 0) is 24.3 Å². The molecule has 0 amide bonds. The standard InChI is InChI=1S/C22H11N5O3S2/c23-11-31-20-19(14-9-12-5-1-3-7-16(12)29-21(14)28)24-22-27(20)25-18(32-22)10-15-13-6-2-4-8-17(13)30-26-15/h1-9H,10H2. The summed E-state index contributed by atoms with van der Waals surface area (Å²) in [6.07, 6.45) is 0.467. The fraction of sp³-hybridized carbons (Fsp3) is 0.0455. The maximum atomic E-state index is 12.6. The molecule has 8 nitrogen and oxygen atoms in total. The van der Waals surface area contributed by atoms with Crippen LogP contribution in [0.25, 0.3) is 38.2 Å². The largest absolute Gasteiger partial charge is 0.422 e. The van der Waals surface area contributed by atoms with E-state index in [-0.39, 0.29) is 0 Å². The maximum absolute atomic E-state index is 12.6. The number of para-hydroxylation sites is 2. The van der Waals surface area contributed by atoms with Gasteiger partial charge in [-0.3, -0.25) is 0 Å². The predicted octanol–water partition coefficient (Wildman–Crippen LogP) is 4.87. The summed E-state index contributed by atoms with van der Waals surface area (Å²) < 4.78 is 12.4. The van der Waals surface area contributed by atoms with E-state index in [1.54, 1.807) is 22.7 Å². The molecular formula is C22H11N5O3S2. The molecular weight excluding hydrogens is 446 g/mol. The Hall–Kier alpha value is -3.94. The van der Waals surface area contributed by atoms with Crippen molar-refractivity contribution in [2.24, 2.45) is 0 Å². The van der Waals surface area contributed by atoms with Crippen LogP contribution in [-0.4, -0.2) is 19.8 Å². The second kappa shape index (κ2) is 7.33. The van der Waals surface area contributed by atoms with E-state index in [1.165, 1.54) is 11.3 Å². The molecule has 0 bridgehead atoms. The molecule has 0 aliphatic carbocycles. The van der Waals surface area contributed by atoms with Crippen LogP contribution in [0, 0.1) is 10.7 Å². The molecule has 2 aromatic carbocycles. The highest BCUT2D eigenvalue weighted by Gasteiger charge is 2.22. The highest BCUT2D eigenvalue weighted by Crippen LogP contribution is 2.34. The summed E-state index contributed by atoms with van der Waals surface area (Å²) in [7, 11) is 0. The summed E-state index contributed by atoms with van der Waals surface area (Å²) in [5.74, 6) is 0. The third kappa shape index (κ3) is 2.98. The smallest absolute Gasteiger partial charge is 0.345 e. The molecule has 0 fully saturated rings. The molecule has 4 heterocycles. The monoisotopic (exact) mass is 457 g/mol. The van der Waals surface area contributed by atoms with Crippen molar-refractivity contribution in [1.82, 2.24) is 19.8 Å².